The maximum Gasteiger partial charge on any atom is 0.269 e. The van der Waals surface area contributed by atoms with Crippen LogP contribution in [0.25, 0.3) is 0 Å². The fourth-order valence-electron chi connectivity index (χ4n) is 3.29. The average Bonchev–Trinajstić information content (AvgIpc) is 2.76. The molecular formula is C21H28IN5O3. The van der Waals surface area contributed by atoms with E-state index in [1.165, 1.54) is 6.07 Å². The predicted octanol–water partition coefficient (Wildman–Crippen LogP) is 2.98. The molecule has 30 heavy (non-hydrogen) atoms. The fourth-order valence-corrected chi connectivity index (χ4v) is 3.29. The van der Waals surface area contributed by atoms with Crippen molar-refractivity contribution in [2.24, 2.45) is 4.99 Å². The molecule has 0 unspecified atom stereocenters. The summed E-state index contributed by atoms with van der Waals surface area (Å²) in [6.45, 7) is 5.69. The van der Waals surface area contributed by atoms with Gasteiger partial charge in [-0.05, 0) is 17.7 Å². The molecule has 0 radical (unpaired) electrons. The van der Waals surface area contributed by atoms with E-state index in [9.17, 15) is 10.1 Å². The molecule has 0 atom stereocenters. The van der Waals surface area contributed by atoms with Crippen molar-refractivity contribution in [3.05, 3.63) is 70.3 Å². The Hall–Kier alpha value is -2.40. The minimum Gasteiger partial charge on any atom is -0.492 e. The van der Waals surface area contributed by atoms with Gasteiger partial charge >= 0.3 is 0 Å². The number of para-hydroxylation sites is 1. The summed E-state index contributed by atoms with van der Waals surface area (Å²) >= 11 is 0. The Balaban J connectivity index is 0.00000320. The highest BCUT2D eigenvalue weighted by Gasteiger charge is 2.19. The first kappa shape index (κ1) is 23.9. The van der Waals surface area contributed by atoms with Crippen LogP contribution in [0, 0.1) is 10.1 Å². The number of benzene rings is 2. The Morgan fingerprint density at radius 1 is 1.13 bits per heavy atom. The largest absolute Gasteiger partial charge is 0.492 e. The Labute approximate surface area is 194 Å². The highest BCUT2D eigenvalue weighted by Crippen LogP contribution is 2.13. The molecule has 9 heteroatoms. The predicted molar refractivity (Wildman–Crippen MR) is 129 cm³/mol. The lowest BCUT2D eigenvalue weighted by molar-refractivity contribution is -0.384. The number of non-ortho nitro benzene ring substituents is 1. The number of rotatable bonds is 7. The van der Waals surface area contributed by atoms with Crippen LogP contribution in [0.4, 0.5) is 5.69 Å². The van der Waals surface area contributed by atoms with Gasteiger partial charge in [0, 0.05) is 58.4 Å². The number of piperazine rings is 1. The number of nitro groups is 1. The Morgan fingerprint density at radius 2 is 1.87 bits per heavy atom. The Bertz CT molecular complexity index is 826. The van der Waals surface area contributed by atoms with Crippen molar-refractivity contribution in [1.82, 2.24) is 15.1 Å². The summed E-state index contributed by atoms with van der Waals surface area (Å²) in [7, 11) is 1.76. The van der Waals surface area contributed by atoms with Crippen LogP contribution in [0.3, 0.4) is 0 Å². The highest BCUT2D eigenvalue weighted by molar-refractivity contribution is 14.0. The summed E-state index contributed by atoms with van der Waals surface area (Å²) < 4.78 is 5.78. The molecule has 1 saturated heterocycles. The summed E-state index contributed by atoms with van der Waals surface area (Å²) in [5.74, 6) is 1.72. The monoisotopic (exact) mass is 525 g/mol. The molecule has 1 aliphatic rings. The fraction of sp³-hybridized carbons (Fsp3) is 0.381. The quantitative estimate of drug-likeness (QED) is 0.197. The van der Waals surface area contributed by atoms with Crippen LogP contribution < -0.4 is 10.1 Å². The summed E-state index contributed by atoms with van der Waals surface area (Å²) in [6.07, 6.45) is 0. The second kappa shape index (κ2) is 12.3. The van der Waals surface area contributed by atoms with E-state index in [0.29, 0.717) is 13.2 Å². The molecule has 0 aliphatic carbocycles. The lowest BCUT2D eigenvalue weighted by Crippen LogP contribution is -2.52. The number of guanidine groups is 1. The van der Waals surface area contributed by atoms with E-state index >= 15 is 0 Å². The van der Waals surface area contributed by atoms with Crippen molar-refractivity contribution in [2.45, 2.75) is 6.54 Å². The van der Waals surface area contributed by atoms with E-state index in [1.54, 1.807) is 19.2 Å². The third-order valence-electron chi connectivity index (χ3n) is 4.88. The topological polar surface area (TPSA) is 83.2 Å². The Morgan fingerprint density at radius 3 is 2.53 bits per heavy atom. The van der Waals surface area contributed by atoms with Crippen LogP contribution in [-0.2, 0) is 6.54 Å². The second-order valence-electron chi connectivity index (χ2n) is 6.82. The summed E-state index contributed by atoms with van der Waals surface area (Å²) in [5, 5.41) is 14.2. The molecule has 0 aromatic heterocycles. The third-order valence-corrected chi connectivity index (χ3v) is 4.88. The lowest BCUT2D eigenvalue weighted by Gasteiger charge is -2.36. The number of hydrogen-bond acceptors (Lipinski definition) is 5. The zero-order valence-electron chi connectivity index (χ0n) is 17.1. The average molecular weight is 525 g/mol. The molecular weight excluding hydrogens is 497 g/mol. The van der Waals surface area contributed by atoms with E-state index in [-0.39, 0.29) is 34.6 Å². The molecule has 1 fully saturated rings. The summed E-state index contributed by atoms with van der Waals surface area (Å²) in [5.41, 5.74) is 0.961. The van der Waals surface area contributed by atoms with Crippen LogP contribution >= 0.6 is 24.0 Å². The van der Waals surface area contributed by atoms with Gasteiger partial charge in [-0.3, -0.25) is 20.0 Å². The van der Waals surface area contributed by atoms with Gasteiger partial charge in [-0.25, -0.2) is 0 Å². The number of nitrogens with zero attached hydrogens (tertiary/aromatic N) is 4. The van der Waals surface area contributed by atoms with Gasteiger partial charge in [0.25, 0.3) is 5.69 Å². The van der Waals surface area contributed by atoms with Crippen LogP contribution in [0.15, 0.2) is 59.6 Å². The van der Waals surface area contributed by atoms with Gasteiger partial charge in [0.05, 0.1) is 4.92 Å². The molecule has 0 spiro atoms. The molecule has 1 N–H and O–H groups in total. The third kappa shape index (κ3) is 7.13. The molecule has 0 saturated carbocycles. The highest BCUT2D eigenvalue weighted by atomic mass is 127. The number of aliphatic imine (C=N–C) groups is 1. The van der Waals surface area contributed by atoms with Crippen molar-refractivity contribution >= 4 is 35.6 Å². The number of nitro benzene ring substituents is 1. The lowest BCUT2D eigenvalue weighted by atomic mass is 10.2. The van der Waals surface area contributed by atoms with Crippen molar-refractivity contribution in [3.8, 4) is 5.75 Å². The zero-order chi connectivity index (χ0) is 20.5. The van der Waals surface area contributed by atoms with Crippen molar-refractivity contribution in [1.29, 1.82) is 0 Å². The van der Waals surface area contributed by atoms with Crippen LogP contribution in [0.2, 0.25) is 0 Å². The zero-order valence-corrected chi connectivity index (χ0v) is 19.4. The number of ether oxygens (including phenoxy) is 1. The first-order valence-electron chi connectivity index (χ1n) is 9.75. The molecule has 8 nitrogen and oxygen atoms in total. The SMILES string of the molecule is CN=C(NCc1cccc([N+](=O)[O-])c1)N1CCN(CCOc2ccccc2)CC1.I. The van der Waals surface area contributed by atoms with Gasteiger partial charge < -0.3 is 15.0 Å². The number of hydrogen-bond donors (Lipinski definition) is 1. The van der Waals surface area contributed by atoms with Crippen molar-refractivity contribution in [2.75, 3.05) is 46.4 Å². The normalized spacial score (nSPS) is 14.7. The standard InChI is InChI=1S/C21H27N5O3.HI/c1-22-21(23-17-18-6-5-7-19(16-18)26(27)28)25-12-10-24(11-13-25)14-15-29-20-8-3-2-4-9-20;/h2-9,16H,10-15,17H2,1H3,(H,22,23);1H. The second-order valence-corrected chi connectivity index (χ2v) is 6.82. The molecule has 3 rings (SSSR count). The first-order valence-corrected chi connectivity index (χ1v) is 9.75. The van der Waals surface area contributed by atoms with Gasteiger partial charge in [0.15, 0.2) is 5.96 Å². The number of halogens is 1. The van der Waals surface area contributed by atoms with Crippen molar-refractivity contribution < 1.29 is 9.66 Å². The molecule has 2 aromatic rings. The maximum atomic E-state index is 10.9. The smallest absolute Gasteiger partial charge is 0.269 e. The van der Waals surface area contributed by atoms with Gasteiger partial charge in [0.1, 0.15) is 12.4 Å². The van der Waals surface area contributed by atoms with E-state index in [0.717, 1.165) is 50.0 Å². The maximum absolute atomic E-state index is 10.9. The van der Waals surface area contributed by atoms with Gasteiger partial charge in [0.2, 0.25) is 0 Å². The van der Waals surface area contributed by atoms with E-state index in [1.807, 2.05) is 36.4 Å². The molecule has 162 valence electrons. The van der Waals surface area contributed by atoms with Gasteiger partial charge in [-0.2, -0.15) is 0 Å². The van der Waals surface area contributed by atoms with Crippen LogP contribution in [0.5, 0.6) is 5.75 Å². The molecule has 1 heterocycles. The van der Waals surface area contributed by atoms with Crippen LogP contribution in [-0.4, -0.2) is 67.1 Å². The number of nitrogens with one attached hydrogen (secondary N) is 1. The van der Waals surface area contributed by atoms with Gasteiger partial charge in [-0.15, -0.1) is 24.0 Å². The molecule has 1 aliphatic heterocycles. The van der Waals surface area contributed by atoms with Gasteiger partial charge in [-0.1, -0.05) is 30.3 Å². The minimum atomic E-state index is -0.376. The minimum absolute atomic E-state index is 0. The first-order chi connectivity index (χ1) is 14.2. The summed E-state index contributed by atoms with van der Waals surface area (Å²) in [4.78, 5) is 19.5. The Kier molecular flexibility index (Phi) is 9.81. The molecule has 0 amide bonds. The van der Waals surface area contributed by atoms with Crippen LogP contribution in [0.1, 0.15) is 5.56 Å². The van der Waals surface area contributed by atoms with E-state index in [2.05, 4.69) is 20.1 Å². The van der Waals surface area contributed by atoms with E-state index < -0.39 is 0 Å². The van der Waals surface area contributed by atoms with E-state index in [4.69, 9.17) is 4.74 Å². The molecule has 0 bridgehead atoms. The van der Waals surface area contributed by atoms with Crippen molar-refractivity contribution in [3.63, 3.8) is 0 Å². The molecule has 2 aromatic carbocycles. The summed E-state index contributed by atoms with van der Waals surface area (Å²) in [6, 6.07) is 16.5.